The highest BCUT2D eigenvalue weighted by molar-refractivity contribution is 5.19. The summed E-state index contributed by atoms with van der Waals surface area (Å²) in [6.07, 6.45) is 4.30. The first-order valence-corrected chi connectivity index (χ1v) is 5.24. The van der Waals surface area contributed by atoms with E-state index >= 15 is 0 Å². The maximum atomic E-state index is 5.81. The van der Waals surface area contributed by atoms with Crippen molar-refractivity contribution in [2.45, 2.75) is 40.0 Å². The van der Waals surface area contributed by atoms with Crippen LogP contribution in [0.3, 0.4) is 0 Å². The summed E-state index contributed by atoms with van der Waals surface area (Å²) >= 11 is 0. The van der Waals surface area contributed by atoms with Gasteiger partial charge in [0.2, 0.25) is 0 Å². The number of hydrogen-bond donors (Lipinski definition) is 1. The van der Waals surface area contributed by atoms with Crippen LogP contribution in [0, 0.1) is 22.7 Å². The average molecular weight is 167 g/mol. The smallest absolute Gasteiger partial charge is 0.00380 e. The second-order valence-corrected chi connectivity index (χ2v) is 5.51. The monoisotopic (exact) mass is 167 g/mol. The van der Waals surface area contributed by atoms with E-state index in [1.165, 1.54) is 19.3 Å². The van der Waals surface area contributed by atoms with E-state index in [2.05, 4.69) is 20.8 Å². The maximum absolute atomic E-state index is 5.81. The van der Waals surface area contributed by atoms with E-state index in [1.807, 2.05) is 0 Å². The van der Waals surface area contributed by atoms with E-state index in [4.69, 9.17) is 5.73 Å². The Morgan fingerprint density at radius 1 is 1.42 bits per heavy atom. The molecule has 3 atom stereocenters. The topological polar surface area (TPSA) is 26.0 Å². The summed E-state index contributed by atoms with van der Waals surface area (Å²) in [4.78, 5) is 0. The molecule has 0 aromatic heterocycles. The van der Waals surface area contributed by atoms with Crippen molar-refractivity contribution in [2.24, 2.45) is 28.4 Å². The number of rotatable bonds is 1. The van der Waals surface area contributed by atoms with Gasteiger partial charge in [-0.3, -0.25) is 0 Å². The second kappa shape index (κ2) is 2.25. The first-order valence-electron chi connectivity index (χ1n) is 5.24. The molecule has 2 rings (SSSR count). The Balaban J connectivity index is 2.15. The van der Waals surface area contributed by atoms with E-state index in [1.54, 1.807) is 0 Å². The zero-order valence-electron chi connectivity index (χ0n) is 8.56. The summed E-state index contributed by atoms with van der Waals surface area (Å²) < 4.78 is 0. The third-order valence-electron chi connectivity index (χ3n) is 4.77. The van der Waals surface area contributed by atoms with Gasteiger partial charge in [0.25, 0.3) is 0 Å². The Morgan fingerprint density at radius 2 is 2.08 bits per heavy atom. The molecule has 0 aromatic rings. The van der Waals surface area contributed by atoms with Crippen molar-refractivity contribution in [3.8, 4) is 0 Å². The fraction of sp³-hybridized carbons (Fsp3) is 1.00. The normalized spacial score (nSPS) is 50.0. The van der Waals surface area contributed by atoms with Crippen LogP contribution in [0.2, 0.25) is 0 Å². The van der Waals surface area contributed by atoms with Crippen LogP contribution in [-0.4, -0.2) is 6.54 Å². The minimum atomic E-state index is 0.548. The Kier molecular flexibility index (Phi) is 1.61. The molecular weight excluding hydrogens is 146 g/mol. The van der Waals surface area contributed by atoms with Crippen molar-refractivity contribution in [3.63, 3.8) is 0 Å². The quantitative estimate of drug-likeness (QED) is 0.637. The molecule has 0 aromatic carbocycles. The molecule has 3 unspecified atom stereocenters. The summed E-state index contributed by atoms with van der Waals surface area (Å²) in [5.74, 6) is 1.76. The lowest BCUT2D eigenvalue weighted by Crippen LogP contribution is -2.08. The Labute approximate surface area is 75.7 Å². The van der Waals surface area contributed by atoms with Crippen LogP contribution >= 0.6 is 0 Å². The molecule has 0 heterocycles. The van der Waals surface area contributed by atoms with E-state index in [0.29, 0.717) is 10.8 Å². The Bertz CT molecular complexity index is 197. The van der Waals surface area contributed by atoms with Gasteiger partial charge >= 0.3 is 0 Å². The molecule has 2 saturated carbocycles. The molecule has 70 valence electrons. The summed E-state index contributed by atoms with van der Waals surface area (Å²) in [6, 6.07) is 0. The van der Waals surface area contributed by atoms with E-state index < -0.39 is 0 Å². The zero-order chi connectivity index (χ0) is 8.98. The van der Waals surface area contributed by atoms with Crippen molar-refractivity contribution in [3.05, 3.63) is 0 Å². The lowest BCUT2D eigenvalue weighted by atomic mass is 9.93. The molecule has 0 amide bonds. The number of hydrogen-bond acceptors (Lipinski definition) is 1. The summed E-state index contributed by atoms with van der Waals surface area (Å²) in [7, 11) is 0. The fourth-order valence-electron chi connectivity index (χ4n) is 3.81. The second-order valence-electron chi connectivity index (χ2n) is 5.51. The highest BCUT2D eigenvalue weighted by Crippen LogP contribution is 2.75. The van der Waals surface area contributed by atoms with Crippen molar-refractivity contribution in [1.29, 1.82) is 0 Å². The van der Waals surface area contributed by atoms with Gasteiger partial charge in [-0.1, -0.05) is 27.2 Å². The van der Waals surface area contributed by atoms with Gasteiger partial charge in [-0.2, -0.15) is 0 Å². The van der Waals surface area contributed by atoms with Crippen LogP contribution in [0.25, 0.3) is 0 Å². The van der Waals surface area contributed by atoms with E-state index in [0.717, 1.165) is 18.4 Å². The van der Waals surface area contributed by atoms with Gasteiger partial charge in [-0.15, -0.1) is 0 Å². The van der Waals surface area contributed by atoms with Crippen molar-refractivity contribution in [1.82, 2.24) is 0 Å². The summed E-state index contributed by atoms with van der Waals surface area (Å²) in [5, 5.41) is 0. The highest BCUT2D eigenvalue weighted by Gasteiger charge is 2.70. The van der Waals surface area contributed by atoms with Crippen LogP contribution in [0.5, 0.6) is 0 Å². The SMILES string of the molecule is CC1CCC2(C1)C(CN)C2(C)C. The van der Waals surface area contributed by atoms with Crippen LogP contribution in [0.15, 0.2) is 0 Å². The van der Waals surface area contributed by atoms with Gasteiger partial charge < -0.3 is 5.73 Å². The molecule has 1 heteroatoms. The molecule has 1 nitrogen and oxygen atoms in total. The molecule has 0 bridgehead atoms. The third-order valence-corrected chi connectivity index (χ3v) is 4.77. The molecule has 2 N–H and O–H groups in total. The minimum absolute atomic E-state index is 0.548. The molecule has 2 aliphatic rings. The van der Waals surface area contributed by atoms with Gasteiger partial charge in [0.1, 0.15) is 0 Å². The minimum Gasteiger partial charge on any atom is -0.330 e. The molecule has 2 fully saturated rings. The van der Waals surface area contributed by atoms with E-state index in [9.17, 15) is 0 Å². The van der Waals surface area contributed by atoms with Gasteiger partial charge in [-0.05, 0) is 42.1 Å². The first kappa shape index (κ1) is 8.55. The van der Waals surface area contributed by atoms with Crippen molar-refractivity contribution < 1.29 is 0 Å². The lowest BCUT2D eigenvalue weighted by Gasteiger charge is -2.11. The molecule has 0 aliphatic heterocycles. The Hall–Kier alpha value is -0.0400. The standard InChI is InChI=1S/C11H21N/c1-8-4-5-11(6-8)9(7-12)10(11,2)3/h8-9H,4-7,12H2,1-3H3. The molecule has 1 spiro atoms. The van der Waals surface area contributed by atoms with E-state index in [-0.39, 0.29) is 0 Å². The Morgan fingerprint density at radius 3 is 2.42 bits per heavy atom. The van der Waals surface area contributed by atoms with Crippen molar-refractivity contribution >= 4 is 0 Å². The molecule has 0 saturated heterocycles. The molecule has 12 heavy (non-hydrogen) atoms. The van der Waals surface area contributed by atoms with Crippen LogP contribution in [0.4, 0.5) is 0 Å². The average Bonchev–Trinajstić information content (AvgIpc) is 2.32. The summed E-state index contributed by atoms with van der Waals surface area (Å²) in [6.45, 7) is 8.10. The zero-order valence-corrected chi connectivity index (χ0v) is 8.56. The molecule has 2 aliphatic carbocycles. The van der Waals surface area contributed by atoms with Gasteiger partial charge in [0, 0.05) is 0 Å². The first-order chi connectivity index (χ1) is 5.54. The van der Waals surface area contributed by atoms with Gasteiger partial charge in [0.05, 0.1) is 0 Å². The largest absolute Gasteiger partial charge is 0.330 e. The molecule has 0 radical (unpaired) electrons. The van der Waals surface area contributed by atoms with Gasteiger partial charge in [0.15, 0.2) is 0 Å². The molecular formula is C11H21N. The van der Waals surface area contributed by atoms with Crippen LogP contribution in [0.1, 0.15) is 40.0 Å². The van der Waals surface area contributed by atoms with Gasteiger partial charge in [-0.25, -0.2) is 0 Å². The highest BCUT2D eigenvalue weighted by atomic mass is 14.8. The van der Waals surface area contributed by atoms with Crippen molar-refractivity contribution in [2.75, 3.05) is 6.54 Å². The third kappa shape index (κ3) is 0.783. The fourth-order valence-corrected chi connectivity index (χ4v) is 3.81. The maximum Gasteiger partial charge on any atom is -0.00380 e. The summed E-state index contributed by atoms with van der Waals surface area (Å²) in [5.41, 5.74) is 7.01. The predicted octanol–water partition coefficient (Wildman–Crippen LogP) is 2.41. The van der Waals surface area contributed by atoms with Crippen LogP contribution < -0.4 is 5.73 Å². The predicted molar refractivity (Wildman–Crippen MR) is 51.8 cm³/mol. The lowest BCUT2D eigenvalue weighted by molar-refractivity contribution is 0.378. The number of nitrogens with two attached hydrogens (primary N) is 1. The van der Waals surface area contributed by atoms with Crippen LogP contribution in [-0.2, 0) is 0 Å².